The number of hydrogen-bond donors (Lipinski definition) is 1. The molecule has 3 aromatic rings. The van der Waals surface area contributed by atoms with Gasteiger partial charge in [-0.05, 0) is 18.2 Å². The molecule has 2 aromatic heterocycles. The Hall–Kier alpha value is -2.41. The predicted octanol–water partition coefficient (Wildman–Crippen LogP) is 2.55. The highest BCUT2D eigenvalue weighted by Crippen LogP contribution is 2.29. The first kappa shape index (κ1) is 11.7. The van der Waals surface area contributed by atoms with Crippen molar-refractivity contribution in [3.8, 4) is 5.75 Å². The second kappa shape index (κ2) is 4.69. The summed E-state index contributed by atoms with van der Waals surface area (Å²) in [5, 5.41) is 6.65. The number of nitrogens with one attached hydrogen (secondary N) is 1. The number of nitrogens with zero attached hydrogens (tertiary/aromatic N) is 2. The molecule has 0 fully saturated rings. The van der Waals surface area contributed by atoms with Gasteiger partial charge in [0.1, 0.15) is 5.75 Å². The van der Waals surface area contributed by atoms with E-state index in [-0.39, 0.29) is 11.7 Å². The van der Waals surface area contributed by atoms with Crippen LogP contribution in [-0.4, -0.2) is 23.2 Å². The van der Waals surface area contributed by atoms with Gasteiger partial charge in [-0.2, -0.15) is 0 Å². The van der Waals surface area contributed by atoms with Crippen LogP contribution in [-0.2, 0) is 0 Å². The summed E-state index contributed by atoms with van der Waals surface area (Å²) in [5.41, 5.74) is 0.804. The maximum absolute atomic E-state index is 11.8. The third kappa shape index (κ3) is 2.27. The zero-order valence-electron chi connectivity index (χ0n) is 9.91. The van der Waals surface area contributed by atoms with Gasteiger partial charge in [-0.1, -0.05) is 16.5 Å². The van der Waals surface area contributed by atoms with Crippen LogP contribution in [0.15, 0.2) is 35.0 Å². The molecule has 1 aromatic carbocycles. The number of aromatic nitrogens is 2. The lowest BCUT2D eigenvalue weighted by Crippen LogP contribution is -2.10. The lowest BCUT2D eigenvalue weighted by Gasteiger charge is -1.96. The Morgan fingerprint density at radius 3 is 3.05 bits per heavy atom. The van der Waals surface area contributed by atoms with E-state index in [0.717, 1.165) is 16.0 Å². The van der Waals surface area contributed by atoms with Gasteiger partial charge < -0.3 is 9.26 Å². The van der Waals surface area contributed by atoms with Crippen molar-refractivity contribution in [2.45, 2.75) is 0 Å². The van der Waals surface area contributed by atoms with Crippen LogP contribution in [0, 0.1) is 0 Å². The highest BCUT2D eigenvalue weighted by molar-refractivity contribution is 7.22. The molecule has 6 nitrogen and oxygen atoms in total. The van der Waals surface area contributed by atoms with E-state index in [2.05, 4.69) is 15.5 Å². The molecule has 1 N–H and O–H groups in total. The molecular formula is C12H9N3O3S. The normalized spacial score (nSPS) is 10.6. The number of fused-ring (bicyclic) bond motifs is 1. The topological polar surface area (TPSA) is 77.2 Å². The largest absolute Gasteiger partial charge is 0.497 e. The fourth-order valence-corrected chi connectivity index (χ4v) is 2.47. The molecule has 0 aliphatic rings. The predicted molar refractivity (Wildman–Crippen MR) is 70.6 cm³/mol. The van der Waals surface area contributed by atoms with Crippen LogP contribution >= 0.6 is 11.3 Å². The number of anilines is 1. The van der Waals surface area contributed by atoms with Gasteiger partial charge in [0.05, 0.1) is 23.5 Å². The second-order valence-corrected chi connectivity index (χ2v) is 4.71. The molecule has 96 valence electrons. The summed E-state index contributed by atoms with van der Waals surface area (Å²) < 4.78 is 10.8. The minimum Gasteiger partial charge on any atom is -0.497 e. The minimum absolute atomic E-state index is 0.150. The third-order valence-corrected chi connectivity index (χ3v) is 3.41. The smallest absolute Gasteiger partial charge is 0.296 e. The zero-order chi connectivity index (χ0) is 13.2. The molecule has 7 heteroatoms. The van der Waals surface area contributed by atoms with E-state index < -0.39 is 0 Å². The monoisotopic (exact) mass is 275 g/mol. The standard InChI is InChI=1S/C12H9N3O3S/c1-17-7-2-3-8-10(6-7)19-12(14-8)15-11(16)9-4-5-13-18-9/h2-6H,1H3,(H,14,15,16). The van der Waals surface area contributed by atoms with Crippen LogP contribution in [0.1, 0.15) is 10.6 Å². The van der Waals surface area contributed by atoms with Gasteiger partial charge in [0.15, 0.2) is 5.13 Å². The van der Waals surface area contributed by atoms with Crippen LogP contribution in [0.25, 0.3) is 10.2 Å². The lowest BCUT2D eigenvalue weighted by atomic mass is 10.3. The van der Waals surface area contributed by atoms with E-state index in [1.165, 1.54) is 23.6 Å². The first-order valence-corrected chi connectivity index (χ1v) is 6.24. The molecule has 0 radical (unpaired) electrons. The Bertz CT molecular complexity index is 721. The van der Waals surface area contributed by atoms with Crippen LogP contribution in [0.3, 0.4) is 0 Å². The summed E-state index contributed by atoms with van der Waals surface area (Å²) in [6.07, 6.45) is 1.41. The molecule has 0 saturated carbocycles. The fraction of sp³-hybridized carbons (Fsp3) is 0.0833. The number of thiazole rings is 1. The molecule has 0 aliphatic heterocycles. The Kier molecular flexibility index (Phi) is 2.88. The summed E-state index contributed by atoms with van der Waals surface area (Å²) in [4.78, 5) is 16.1. The second-order valence-electron chi connectivity index (χ2n) is 3.68. The number of benzene rings is 1. The van der Waals surface area contributed by atoms with Gasteiger partial charge in [-0.3, -0.25) is 10.1 Å². The van der Waals surface area contributed by atoms with Crippen molar-refractivity contribution in [1.29, 1.82) is 0 Å². The Morgan fingerprint density at radius 2 is 2.32 bits per heavy atom. The van der Waals surface area contributed by atoms with E-state index in [1.807, 2.05) is 18.2 Å². The van der Waals surface area contributed by atoms with E-state index in [0.29, 0.717) is 5.13 Å². The zero-order valence-corrected chi connectivity index (χ0v) is 10.7. The van der Waals surface area contributed by atoms with Crippen LogP contribution in [0.4, 0.5) is 5.13 Å². The number of methoxy groups -OCH3 is 1. The quantitative estimate of drug-likeness (QED) is 0.794. The highest BCUT2D eigenvalue weighted by Gasteiger charge is 2.13. The molecule has 0 unspecified atom stereocenters. The molecule has 0 aliphatic carbocycles. The number of carbonyl (C=O) groups is 1. The van der Waals surface area contributed by atoms with Crippen molar-refractivity contribution >= 4 is 32.6 Å². The van der Waals surface area contributed by atoms with Crippen molar-refractivity contribution in [3.63, 3.8) is 0 Å². The van der Waals surface area contributed by atoms with Crippen molar-refractivity contribution < 1.29 is 14.1 Å². The van der Waals surface area contributed by atoms with Crippen LogP contribution in [0.5, 0.6) is 5.75 Å². The minimum atomic E-state index is -0.372. The van der Waals surface area contributed by atoms with Crippen LogP contribution < -0.4 is 10.1 Å². The van der Waals surface area contributed by atoms with Crippen molar-refractivity contribution in [2.24, 2.45) is 0 Å². The van der Waals surface area contributed by atoms with E-state index >= 15 is 0 Å². The summed E-state index contributed by atoms with van der Waals surface area (Å²) in [6, 6.07) is 7.03. The molecule has 2 heterocycles. The maximum Gasteiger partial charge on any atom is 0.296 e. The third-order valence-electron chi connectivity index (χ3n) is 2.48. The molecule has 1 amide bonds. The SMILES string of the molecule is COc1ccc2nc(NC(=O)c3ccno3)sc2c1. The molecule has 0 atom stereocenters. The number of ether oxygens (including phenoxy) is 1. The Morgan fingerprint density at radius 1 is 1.42 bits per heavy atom. The van der Waals surface area contributed by atoms with E-state index in [1.54, 1.807) is 7.11 Å². The number of amides is 1. The fourth-order valence-electron chi connectivity index (χ4n) is 1.58. The molecular weight excluding hydrogens is 266 g/mol. The Labute approximate surface area is 112 Å². The maximum atomic E-state index is 11.8. The van der Waals surface area contributed by atoms with Gasteiger partial charge in [0, 0.05) is 6.07 Å². The molecule has 3 rings (SSSR count). The Balaban J connectivity index is 1.87. The lowest BCUT2D eigenvalue weighted by molar-refractivity contribution is 0.0988. The first-order valence-electron chi connectivity index (χ1n) is 5.43. The average molecular weight is 275 g/mol. The molecule has 0 saturated heterocycles. The van der Waals surface area contributed by atoms with E-state index in [9.17, 15) is 4.79 Å². The average Bonchev–Trinajstić information content (AvgIpc) is 3.06. The summed E-state index contributed by atoms with van der Waals surface area (Å²) in [6.45, 7) is 0. The first-order chi connectivity index (χ1) is 9.26. The van der Waals surface area contributed by atoms with Crippen molar-refractivity contribution in [3.05, 3.63) is 36.2 Å². The summed E-state index contributed by atoms with van der Waals surface area (Å²) in [5.74, 6) is 0.532. The summed E-state index contributed by atoms with van der Waals surface area (Å²) >= 11 is 1.37. The van der Waals surface area contributed by atoms with Crippen molar-refractivity contribution in [2.75, 3.05) is 12.4 Å². The van der Waals surface area contributed by atoms with Gasteiger partial charge in [0.25, 0.3) is 5.91 Å². The number of hydrogen-bond acceptors (Lipinski definition) is 6. The van der Waals surface area contributed by atoms with Gasteiger partial charge >= 0.3 is 0 Å². The molecule has 19 heavy (non-hydrogen) atoms. The van der Waals surface area contributed by atoms with E-state index in [4.69, 9.17) is 9.26 Å². The van der Waals surface area contributed by atoms with Gasteiger partial charge in [-0.25, -0.2) is 4.98 Å². The number of carbonyl (C=O) groups excluding carboxylic acids is 1. The van der Waals surface area contributed by atoms with Gasteiger partial charge in [-0.15, -0.1) is 0 Å². The molecule has 0 bridgehead atoms. The number of rotatable bonds is 3. The van der Waals surface area contributed by atoms with Crippen LogP contribution in [0.2, 0.25) is 0 Å². The van der Waals surface area contributed by atoms with Crippen molar-refractivity contribution in [1.82, 2.24) is 10.1 Å². The molecule has 0 spiro atoms. The summed E-state index contributed by atoms with van der Waals surface area (Å²) in [7, 11) is 1.61. The highest BCUT2D eigenvalue weighted by atomic mass is 32.1. The van der Waals surface area contributed by atoms with Gasteiger partial charge in [0.2, 0.25) is 5.76 Å².